The molecular formula is C17H15N7O. The van der Waals surface area contributed by atoms with Gasteiger partial charge in [0.2, 0.25) is 0 Å². The molecule has 1 N–H and O–H groups in total. The SMILES string of the molecule is Cc1nn(-c2cncnc2)cc1N(C)C(=O)Nc1ccc(C#N)cc1. The van der Waals surface area contributed by atoms with E-state index in [4.69, 9.17) is 5.26 Å². The summed E-state index contributed by atoms with van der Waals surface area (Å²) in [6.45, 7) is 1.82. The highest BCUT2D eigenvalue weighted by Crippen LogP contribution is 2.20. The number of anilines is 2. The average molecular weight is 333 g/mol. The first-order valence-electron chi connectivity index (χ1n) is 7.45. The molecule has 0 saturated heterocycles. The van der Waals surface area contributed by atoms with Gasteiger partial charge in [-0.2, -0.15) is 10.4 Å². The lowest BCUT2D eigenvalue weighted by atomic mass is 10.2. The van der Waals surface area contributed by atoms with Gasteiger partial charge >= 0.3 is 6.03 Å². The number of aromatic nitrogens is 4. The zero-order valence-electron chi connectivity index (χ0n) is 13.7. The minimum atomic E-state index is -0.309. The van der Waals surface area contributed by atoms with Gasteiger partial charge in [-0.25, -0.2) is 19.4 Å². The van der Waals surface area contributed by atoms with Crippen LogP contribution in [0.2, 0.25) is 0 Å². The number of nitrogens with zero attached hydrogens (tertiary/aromatic N) is 6. The number of benzene rings is 1. The van der Waals surface area contributed by atoms with Crippen LogP contribution in [0.15, 0.2) is 49.2 Å². The number of amides is 2. The Hall–Kier alpha value is -3.73. The van der Waals surface area contributed by atoms with E-state index >= 15 is 0 Å². The Morgan fingerprint density at radius 1 is 1.24 bits per heavy atom. The number of aryl methyl sites for hydroxylation is 1. The predicted molar refractivity (Wildman–Crippen MR) is 92.5 cm³/mol. The summed E-state index contributed by atoms with van der Waals surface area (Å²) in [5.41, 5.74) is 3.21. The van der Waals surface area contributed by atoms with Crippen LogP contribution < -0.4 is 10.2 Å². The molecule has 124 valence electrons. The topological polar surface area (TPSA) is 99.7 Å². The summed E-state index contributed by atoms with van der Waals surface area (Å²) in [4.78, 5) is 21.9. The van der Waals surface area contributed by atoms with Crippen LogP contribution in [0.3, 0.4) is 0 Å². The van der Waals surface area contributed by atoms with E-state index in [0.717, 1.165) is 0 Å². The molecule has 8 nitrogen and oxygen atoms in total. The van der Waals surface area contributed by atoms with E-state index in [1.165, 1.54) is 11.2 Å². The van der Waals surface area contributed by atoms with Crippen molar-refractivity contribution in [2.45, 2.75) is 6.92 Å². The number of carbonyl (C=O) groups excluding carboxylic acids is 1. The summed E-state index contributed by atoms with van der Waals surface area (Å²) >= 11 is 0. The normalized spacial score (nSPS) is 10.1. The van der Waals surface area contributed by atoms with E-state index in [9.17, 15) is 4.79 Å². The number of urea groups is 1. The Morgan fingerprint density at radius 2 is 1.92 bits per heavy atom. The summed E-state index contributed by atoms with van der Waals surface area (Å²) in [7, 11) is 1.66. The maximum atomic E-state index is 12.5. The van der Waals surface area contributed by atoms with Crippen LogP contribution in [0, 0.1) is 18.3 Å². The van der Waals surface area contributed by atoms with Crippen molar-refractivity contribution < 1.29 is 4.79 Å². The average Bonchev–Trinajstić information content (AvgIpc) is 3.04. The van der Waals surface area contributed by atoms with E-state index in [2.05, 4.69) is 20.4 Å². The molecule has 0 unspecified atom stereocenters. The van der Waals surface area contributed by atoms with Crippen molar-refractivity contribution in [1.82, 2.24) is 19.7 Å². The predicted octanol–water partition coefficient (Wildman–Crippen LogP) is 2.51. The molecule has 0 aliphatic heterocycles. The highest BCUT2D eigenvalue weighted by atomic mass is 16.2. The molecule has 1 aromatic carbocycles. The molecule has 0 bridgehead atoms. The molecule has 0 aliphatic carbocycles. The van der Waals surface area contributed by atoms with E-state index in [-0.39, 0.29) is 6.03 Å². The van der Waals surface area contributed by atoms with E-state index in [1.807, 2.05) is 13.0 Å². The van der Waals surface area contributed by atoms with Crippen molar-refractivity contribution in [2.75, 3.05) is 17.3 Å². The fraction of sp³-hybridized carbons (Fsp3) is 0.118. The zero-order valence-corrected chi connectivity index (χ0v) is 13.7. The Kier molecular flexibility index (Phi) is 4.39. The van der Waals surface area contributed by atoms with Gasteiger partial charge < -0.3 is 5.32 Å². The second-order valence-electron chi connectivity index (χ2n) is 5.32. The minimum Gasteiger partial charge on any atom is -0.308 e. The highest BCUT2D eigenvalue weighted by Gasteiger charge is 2.17. The lowest BCUT2D eigenvalue weighted by Crippen LogP contribution is -2.31. The molecule has 0 radical (unpaired) electrons. The summed E-state index contributed by atoms with van der Waals surface area (Å²) in [5, 5.41) is 16.0. The molecule has 2 aromatic heterocycles. The molecule has 0 aliphatic rings. The van der Waals surface area contributed by atoms with Gasteiger partial charge in [0, 0.05) is 12.7 Å². The lowest BCUT2D eigenvalue weighted by Gasteiger charge is -2.17. The van der Waals surface area contributed by atoms with Crippen molar-refractivity contribution in [2.24, 2.45) is 0 Å². The lowest BCUT2D eigenvalue weighted by molar-refractivity contribution is 0.258. The summed E-state index contributed by atoms with van der Waals surface area (Å²) in [6, 6.07) is 8.39. The molecule has 0 atom stereocenters. The van der Waals surface area contributed by atoms with Crippen LogP contribution in [0.4, 0.5) is 16.2 Å². The molecular weight excluding hydrogens is 318 g/mol. The zero-order chi connectivity index (χ0) is 17.8. The Labute approximate surface area is 144 Å². The van der Waals surface area contributed by atoms with Gasteiger partial charge in [-0.3, -0.25) is 4.90 Å². The molecule has 3 rings (SSSR count). The second kappa shape index (κ2) is 6.80. The van der Waals surface area contributed by atoms with Crippen LogP contribution in [0.5, 0.6) is 0 Å². The molecule has 0 spiro atoms. The summed E-state index contributed by atoms with van der Waals surface area (Å²) in [6.07, 6.45) is 6.46. The Bertz CT molecular complexity index is 926. The van der Waals surface area contributed by atoms with Crippen LogP contribution in [-0.4, -0.2) is 32.8 Å². The molecule has 25 heavy (non-hydrogen) atoms. The molecule has 0 fully saturated rings. The largest absolute Gasteiger partial charge is 0.326 e. The monoisotopic (exact) mass is 333 g/mol. The minimum absolute atomic E-state index is 0.309. The van der Waals surface area contributed by atoms with Crippen molar-refractivity contribution in [3.05, 3.63) is 60.4 Å². The third-order valence-electron chi connectivity index (χ3n) is 3.62. The summed E-state index contributed by atoms with van der Waals surface area (Å²) in [5.74, 6) is 0. The van der Waals surface area contributed by atoms with Gasteiger partial charge in [-0.15, -0.1) is 0 Å². The van der Waals surface area contributed by atoms with Crippen molar-refractivity contribution in [3.8, 4) is 11.8 Å². The van der Waals surface area contributed by atoms with Crippen LogP contribution in [0.25, 0.3) is 5.69 Å². The molecule has 2 amide bonds. The first-order valence-corrected chi connectivity index (χ1v) is 7.45. The Balaban J connectivity index is 1.78. The number of hydrogen-bond donors (Lipinski definition) is 1. The first-order chi connectivity index (χ1) is 12.1. The van der Waals surface area contributed by atoms with Crippen molar-refractivity contribution >= 4 is 17.4 Å². The quantitative estimate of drug-likeness (QED) is 0.794. The van der Waals surface area contributed by atoms with E-state index in [0.29, 0.717) is 28.3 Å². The van der Waals surface area contributed by atoms with Crippen LogP contribution in [-0.2, 0) is 0 Å². The van der Waals surface area contributed by atoms with E-state index in [1.54, 1.807) is 54.6 Å². The highest BCUT2D eigenvalue weighted by molar-refractivity contribution is 6.01. The van der Waals surface area contributed by atoms with Crippen molar-refractivity contribution in [1.29, 1.82) is 5.26 Å². The van der Waals surface area contributed by atoms with Crippen molar-refractivity contribution in [3.63, 3.8) is 0 Å². The maximum absolute atomic E-state index is 12.5. The van der Waals surface area contributed by atoms with Gasteiger partial charge in [0.05, 0.1) is 41.6 Å². The number of rotatable bonds is 3. The van der Waals surface area contributed by atoms with E-state index < -0.39 is 0 Å². The number of hydrogen-bond acceptors (Lipinski definition) is 5. The third-order valence-corrected chi connectivity index (χ3v) is 3.62. The van der Waals surface area contributed by atoms with Crippen LogP contribution in [0.1, 0.15) is 11.3 Å². The standard InChI is InChI=1S/C17H15N7O/c1-12-16(10-24(22-12)15-8-19-11-20-9-15)23(2)17(25)21-14-5-3-13(7-18)4-6-14/h3-6,8-11H,1-2H3,(H,21,25). The van der Waals surface area contributed by atoms with Crippen LogP contribution >= 0.6 is 0 Å². The van der Waals surface area contributed by atoms with Gasteiger partial charge in [0.15, 0.2) is 0 Å². The van der Waals surface area contributed by atoms with Gasteiger partial charge in [0.1, 0.15) is 12.0 Å². The fourth-order valence-electron chi connectivity index (χ4n) is 2.27. The van der Waals surface area contributed by atoms with Gasteiger partial charge in [0.25, 0.3) is 0 Å². The Morgan fingerprint density at radius 3 is 2.56 bits per heavy atom. The van der Waals surface area contributed by atoms with Gasteiger partial charge in [-0.1, -0.05) is 0 Å². The molecule has 0 saturated carbocycles. The number of nitriles is 1. The smallest absolute Gasteiger partial charge is 0.308 e. The summed E-state index contributed by atoms with van der Waals surface area (Å²) < 4.78 is 1.62. The maximum Gasteiger partial charge on any atom is 0.326 e. The molecule has 8 heteroatoms. The molecule has 2 heterocycles. The second-order valence-corrected chi connectivity index (χ2v) is 5.32. The third kappa shape index (κ3) is 3.45. The van der Waals surface area contributed by atoms with Gasteiger partial charge in [-0.05, 0) is 31.2 Å². The fourth-order valence-corrected chi connectivity index (χ4v) is 2.27. The number of carbonyl (C=O) groups is 1. The molecule has 3 aromatic rings. The first kappa shape index (κ1) is 16.1. The number of nitrogens with one attached hydrogen (secondary N) is 1.